The van der Waals surface area contributed by atoms with Gasteiger partial charge in [-0.25, -0.2) is 9.56 Å². The van der Waals surface area contributed by atoms with Crippen molar-refractivity contribution in [2.24, 2.45) is 0 Å². The van der Waals surface area contributed by atoms with Crippen LogP contribution in [0.4, 0.5) is 0 Å². The normalized spacial score (nSPS) is 10.4. The molecule has 0 radical (unpaired) electrons. The molecule has 0 N–H and O–H groups in total. The van der Waals surface area contributed by atoms with Crippen molar-refractivity contribution in [2.45, 2.75) is 45.4 Å². The third-order valence-corrected chi connectivity index (χ3v) is 2.01. The molecule has 0 aliphatic carbocycles. The van der Waals surface area contributed by atoms with E-state index in [9.17, 15) is 14.4 Å². The second-order valence-electron chi connectivity index (χ2n) is 3.11. The Kier molecular flexibility index (Phi) is 21.9. The van der Waals surface area contributed by atoms with E-state index >= 15 is 0 Å². The summed E-state index contributed by atoms with van der Waals surface area (Å²) in [6, 6.07) is 0. The Labute approximate surface area is 141 Å². The molecule has 0 aliphatic rings. The standard InChI is InChI=1S/C8H19O5P.2Na/c1-2-3-4-5-6-7-8-12-13-14(9,10)11;;/h2-8H2,1H3,(H2,9,10,11);;/q;2*+1/p-2. The van der Waals surface area contributed by atoms with Gasteiger partial charge in [-0.2, -0.15) is 0 Å². The maximum Gasteiger partial charge on any atom is 1.00 e. The second-order valence-corrected chi connectivity index (χ2v) is 4.15. The van der Waals surface area contributed by atoms with E-state index < -0.39 is 7.82 Å². The minimum Gasteiger partial charge on any atom is -0.788 e. The van der Waals surface area contributed by atoms with Crippen LogP contribution in [0.1, 0.15) is 45.4 Å². The SMILES string of the molecule is CCCCCCCCOOP(=O)([O-])[O-].[Na+].[Na+]. The molecule has 0 aliphatic heterocycles. The summed E-state index contributed by atoms with van der Waals surface area (Å²) in [5.74, 6) is 0. The first-order valence-corrected chi connectivity index (χ1v) is 6.35. The average molecular weight is 270 g/mol. The summed E-state index contributed by atoms with van der Waals surface area (Å²) in [5.41, 5.74) is 0. The van der Waals surface area contributed by atoms with E-state index in [1.165, 1.54) is 19.3 Å². The van der Waals surface area contributed by atoms with Gasteiger partial charge < -0.3 is 14.4 Å². The molecule has 0 saturated carbocycles. The average Bonchev–Trinajstić information content (AvgIpc) is 2.08. The van der Waals surface area contributed by atoms with Gasteiger partial charge in [0.05, 0.1) is 6.61 Å². The van der Waals surface area contributed by atoms with Gasteiger partial charge in [-0.05, 0) is 6.42 Å². The van der Waals surface area contributed by atoms with Gasteiger partial charge in [0.1, 0.15) is 7.82 Å². The minimum absolute atomic E-state index is 0. The van der Waals surface area contributed by atoms with Crippen molar-refractivity contribution in [1.29, 1.82) is 0 Å². The molecule has 0 bridgehead atoms. The molecule has 16 heavy (non-hydrogen) atoms. The van der Waals surface area contributed by atoms with Crippen LogP contribution in [-0.2, 0) is 14.1 Å². The van der Waals surface area contributed by atoms with Gasteiger partial charge in [-0.15, -0.1) is 0 Å². The Morgan fingerprint density at radius 1 is 1.00 bits per heavy atom. The van der Waals surface area contributed by atoms with Crippen LogP contribution < -0.4 is 68.9 Å². The first-order valence-electron chi connectivity index (χ1n) is 4.89. The zero-order valence-electron chi connectivity index (χ0n) is 10.4. The topological polar surface area (TPSA) is 81.7 Å². The van der Waals surface area contributed by atoms with Crippen LogP contribution in [0.3, 0.4) is 0 Å². The third kappa shape index (κ3) is 21.4. The van der Waals surface area contributed by atoms with Crippen LogP contribution in [-0.4, -0.2) is 6.61 Å². The van der Waals surface area contributed by atoms with Crippen molar-refractivity contribution in [3.8, 4) is 0 Å². The molecule has 0 unspecified atom stereocenters. The molecule has 0 amide bonds. The third-order valence-electron chi connectivity index (χ3n) is 1.73. The fourth-order valence-corrected chi connectivity index (χ4v) is 1.25. The Morgan fingerprint density at radius 2 is 1.50 bits per heavy atom. The molecule has 0 aromatic rings. The number of unbranched alkanes of at least 4 members (excludes halogenated alkanes) is 5. The number of phosphoric acid groups is 1. The van der Waals surface area contributed by atoms with E-state index in [1.54, 1.807) is 0 Å². The monoisotopic (exact) mass is 270 g/mol. The molecule has 0 aromatic carbocycles. The van der Waals surface area contributed by atoms with Gasteiger partial charge in [0.2, 0.25) is 0 Å². The van der Waals surface area contributed by atoms with Crippen LogP contribution in [0, 0.1) is 0 Å². The van der Waals surface area contributed by atoms with Gasteiger partial charge in [0, 0.05) is 0 Å². The summed E-state index contributed by atoms with van der Waals surface area (Å²) in [6.45, 7) is 2.29. The predicted molar refractivity (Wildman–Crippen MR) is 48.0 cm³/mol. The van der Waals surface area contributed by atoms with Gasteiger partial charge >= 0.3 is 59.1 Å². The molecule has 0 fully saturated rings. The Bertz CT molecular complexity index is 176. The Hall–Kier alpha value is 2.07. The van der Waals surface area contributed by atoms with E-state index in [2.05, 4.69) is 16.5 Å². The molecule has 0 rings (SSSR count). The molecular formula is C8H17Na2O5P. The summed E-state index contributed by atoms with van der Waals surface area (Å²) in [6.07, 6.45) is 6.36. The maximum absolute atomic E-state index is 9.93. The zero-order chi connectivity index (χ0) is 10.9. The van der Waals surface area contributed by atoms with Gasteiger partial charge in [0.25, 0.3) is 0 Å². The second kappa shape index (κ2) is 15.1. The fraction of sp³-hybridized carbons (Fsp3) is 1.00. The van der Waals surface area contributed by atoms with Crippen molar-refractivity contribution in [3.63, 3.8) is 0 Å². The van der Waals surface area contributed by atoms with Gasteiger partial charge in [-0.1, -0.05) is 39.0 Å². The largest absolute Gasteiger partial charge is 1.00 e. The predicted octanol–water partition coefficient (Wildman–Crippen LogP) is -4.87. The van der Waals surface area contributed by atoms with Crippen molar-refractivity contribution >= 4 is 7.82 Å². The molecule has 0 heterocycles. The fourth-order valence-electron chi connectivity index (χ4n) is 1.04. The molecule has 0 saturated heterocycles. The molecule has 0 atom stereocenters. The van der Waals surface area contributed by atoms with E-state index in [4.69, 9.17) is 0 Å². The van der Waals surface area contributed by atoms with Gasteiger partial charge in [-0.3, -0.25) is 0 Å². The molecule has 86 valence electrons. The Morgan fingerprint density at radius 3 is 2.00 bits per heavy atom. The van der Waals surface area contributed by atoms with Gasteiger partial charge in [0.15, 0.2) is 0 Å². The molecular weight excluding hydrogens is 253 g/mol. The van der Waals surface area contributed by atoms with Crippen LogP contribution in [0.15, 0.2) is 0 Å². The number of hydrogen-bond donors (Lipinski definition) is 0. The van der Waals surface area contributed by atoms with Crippen LogP contribution >= 0.6 is 7.82 Å². The van der Waals surface area contributed by atoms with Crippen molar-refractivity contribution < 1.29 is 83.0 Å². The number of hydrogen-bond acceptors (Lipinski definition) is 5. The van der Waals surface area contributed by atoms with Crippen LogP contribution in [0.25, 0.3) is 0 Å². The van der Waals surface area contributed by atoms with E-state index in [0.29, 0.717) is 6.42 Å². The quantitative estimate of drug-likeness (QED) is 0.138. The molecule has 0 aromatic heterocycles. The first kappa shape index (κ1) is 23.2. The maximum atomic E-state index is 9.93. The van der Waals surface area contributed by atoms with Crippen molar-refractivity contribution in [3.05, 3.63) is 0 Å². The summed E-state index contributed by atoms with van der Waals surface area (Å²) >= 11 is 0. The minimum atomic E-state index is -4.95. The van der Waals surface area contributed by atoms with E-state index in [1.807, 2.05) is 0 Å². The molecule has 8 heteroatoms. The summed E-state index contributed by atoms with van der Waals surface area (Å²) < 4.78 is 13.5. The number of rotatable bonds is 9. The van der Waals surface area contributed by atoms with Crippen LogP contribution in [0.2, 0.25) is 0 Å². The van der Waals surface area contributed by atoms with E-state index in [-0.39, 0.29) is 65.7 Å². The van der Waals surface area contributed by atoms with Crippen molar-refractivity contribution in [2.75, 3.05) is 6.61 Å². The van der Waals surface area contributed by atoms with E-state index in [0.717, 1.165) is 12.8 Å². The summed E-state index contributed by atoms with van der Waals surface area (Å²) in [4.78, 5) is 24.1. The zero-order valence-corrected chi connectivity index (χ0v) is 15.3. The van der Waals surface area contributed by atoms with Crippen LogP contribution in [0.5, 0.6) is 0 Å². The summed E-state index contributed by atoms with van der Waals surface area (Å²) in [7, 11) is -4.95. The molecule has 5 nitrogen and oxygen atoms in total. The Balaban J connectivity index is -0.000000845. The van der Waals surface area contributed by atoms with Crippen molar-refractivity contribution in [1.82, 2.24) is 0 Å². The molecule has 0 spiro atoms. The summed E-state index contributed by atoms with van der Waals surface area (Å²) in [5, 5.41) is 0. The first-order chi connectivity index (χ1) is 6.56. The smallest absolute Gasteiger partial charge is 0.788 e.